The van der Waals surface area contributed by atoms with Crippen molar-refractivity contribution < 1.29 is 14.1 Å². The largest absolute Gasteiger partial charge is 0.489 e. The quantitative estimate of drug-likeness (QED) is 0.860. The lowest BCUT2D eigenvalue weighted by atomic mass is 9.98. The van der Waals surface area contributed by atoms with E-state index in [4.69, 9.17) is 9.88 Å². The van der Waals surface area contributed by atoms with E-state index in [1.807, 2.05) is 36.4 Å². The lowest BCUT2D eigenvalue weighted by molar-refractivity contribution is 0.0761. The molecule has 0 amide bonds. The standard InChI is InChI=1S/C17H21NO3S/c1-17(2,19)16(22(18)20)14-9-6-10-15(11-14)21-12-13-7-4-3-5-8-13/h3-11,16,19H,12,18H2,1-2H3. The average Bonchev–Trinajstić information content (AvgIpc) is 2.45. The molecule has 0 aliphatic rings. The van der Waals surface area contributed by atoms with Crippen molar-refractivity contribution in [1.29, 1.82) is 0 Å². The predicted octanol–water partition coefficient (Wildman–Crippen LogP) is 2.70. The lowest BCUT2D eigenvalue weighted by Gasteiger charge is -2.27. The van der Waals surface area contributed by atoms with Crippen molar-refractivity contribution in [2.24, 2.45) is 5.14 Å². The van der Waals surface area contributed by atoms with E-state index in [1.54, 1.807) is 32.0 Å². The highest BCUT2D eigenvalue weighted by atomic mass is 32.2. The van der Waals surface area contributed by atoms with Crippen molar-refractivity contribution in [3.63, 3.8) is 0 Å². The molecule has 0 spiro atoms. The summed E-state index contributed by atoms with van der Waals surface area (Å²) in [6, 6.07) is 17.0. The smallest absolute Gasteiger partial charge is 0.120 e. The molecule has 0 bridgehead atoms. The maximum absolute atomic E-state index is 11.8. The zero-order chi connectivity index (χ0) is 16.2. The van der Waals surface area contributed by atoms with Crippen molar-refractivity contribution in [2.75, 3.05) is 0 Å². The summed E-state index contributed by atoms with van der Waals surface area (Å²) in [4.78, 5) is 0. The van der Waals surface area contributed by atoms with Gasteiger partial charge in [-0.05, 0) is 37.1 Å². The number of hydrogen-bond acceptors (Lipinski definition) is 3. The van der Waals surface area contributed by atoms with E-state index in [-0.39, 0.29) is 0 Å². The van der Waals surface area contributed by atoms with Gasteiger partial charge in [0.2, 0.25) is 0 Å². The summed E-state index contributed by atoms with van der Waals surface area (Å²) in [6.07, 6.45) is 0. The highest BCUT2D eigenvalue weighted by Crippen LogP contribution is 2.31. The number of ether oxygens (including phenoxy) is 1. The van der Waals surface area contributed by atoms with Gasteiger partial charge in [0.25, 0.3) is 0 Å². The Hall–Kier alpha value is -1.69. The van der Waals surface area contributed by atoms with Gasteiger partial charge in [-0.2, -0.15) is 0 Å². The summed E-state index contributed by atoms with van der Waals surface area (Å²) in [5, 5.41) is 15.1. The molecular weight excluding hydrogens is 298 g/mol. The monoisotopic (exact) mass is 319 g/mol. The molecule has 2 aromatic rings. The first-order valence-electron chi connectivity index (χ1n) is 7.02. The lowest BCUT2D eigenvalue weighted by Crippen LogP contribution is -2.34. The predicted molar refractivity (Wildman–Crippen MR) is 88.6 cm³/mol. The van der Waals surface area contributed by atoms with Crippen LogP contribution in [0.1, 0.15) is 30.2 Å². The normalized spacial score (nSPS) is 14.4. The SMILES string of the molecule is CC(C)(O)C(c1cccc(OCc2ccccc2)c1)S(N)=O. The minimum absolute atomic E-state index is 0.448. The highest BCUT2D eigenvalue weighted by Gasteiger charge is 2.32. The van der Waals surface area contributed by atoms with Gasteiger partial charge in [-0.1, -0.05) is 42.5 Å². The number of rotatable bonds is 6. The molecule has 0 heterocycles. The summed E-state index contributed by atoms with van der Waals surface area (Å²) in [5.74, 6) is 0.654. The Bertz CT molecular complexity index is 638. The topological polar surface area (TPSA) is 72.6 Å². The van der Waals surface area contributed by atoms with Crippen LogP contribution in [0.4, 0.5) is 0 Å². The third kappa shape index (κ3) is 4.40. The van der Waals surface area contributed by atoms with Crippen molar-refractivity contribution in [1.82, 2.24) is 0 Å². The second-order valence-corrected chi connectivity index (χ2v) is 6.84. The minimum atomic E-state index is -1.68. The number of benzene rings is 2. The molecule has 0 saturated heterocycles. The molecule has 0 aliphatic heterocycles. The van der Waals surface area contributed by atoms with Crippen molar-refractivity contribution in [3.05, 3.63) is 65.7 Å². The van der Waals surface area contributed by atoms with Crippen LogP contribution < -0.4 is 9.88 Å². The fraction of sp³-hybridized carbons (Fsp3) is 0.294. The Balaban J connectivity index is 2.17. The first kappa shape index (κ1) is 16.7. The minimum Gasteiger partial charge on any atom is -0.489 e. The maximum atomic E-state index is 11.8. The fourth-order valence-electron chi connectivity index (χ4n) is 2.33. The first-order valence-corrected chi connectivity index (χ1v) is 8.29. The van der Waals surface area contributed by atoms with Crippen LogP contribution in [0.3, 0.4) is 0 Å². The van der Waals surface area contributed by atoms with Gasteiger partial charge in [0.1, 0.15) is 17.6 Å². The molecule has 118 valence electrons. The van der Waals surface area contributed by atoms with E-state index in [1.165, 1.54) is 0 Å². The molecule has 3 N–H and O–H groups in total. The molecule has 4 nitrogen and oxygen atoms in total. The molecule has 5 heteroatoms. The Morgan fingerprint density at radius 1 is 1.18 bits per heavy atom. The highest BCUT2D eigenvalue weighted by molar-refractivity contribution is 7.83. The van der Waals surface area contributed by atoms with Gasteiger partial charge < -0.3 is 9.84 Å². The van der Waals surface area contributed by atoms with E-state index in [0.29, 0.717) is 17.9 Å². The Labute approximate surface area is 133 Å². The van der Waals surface area contributed by atoms with Crippen molar-refractivity contribution in [2.45, 2.75) is 31.3 Å². The van der Waals surface area contributed by atoms with Crippen molar-refractivity contribution >= 4 is 11.0 Å². The molecule has 0 aromatic heterocycles. The summed E-state index contributed by atoms with van der Waals surface area (Å²) in [7, 11) is -1.68. The molecule has 0 fully saturated rings. The molecule has 2 atom stereocenters. The average molecular weight is 319 g/mol. The molecule has 22 heavy (non-hydrogen) atoms. The second-order valence-electron chi connectivity index (χ2n) is 5.71. The summed E-state index contributed by atoms with van der Waals surface area (Å²) in [5.41, 5.74) is 0.575. The van der Waals surface area contributed by atoms with Gasteiger partial charge in [0, 0.05) is 0 Å². The Morgan fingerprint density at radius 3 is 2.45 bits per heavy atom. The molecule has 0 aliphatic carbocycles. The van der Waals surface area contributed by atoms with E-state index in [2.05, 4.69) is 0 Å². The van der Waals surface area contributed by atoms with E-state index in [0.717, 1.165) is 5.56 Å². The van der Waals surface area contributed by atoms with Crippen LogP contribution >= 0.6 is 0 Å². The van der Waals surface area contributed by atoms with E-state index >= 15 is 0 Å². The van der Waals surface area contributed by atoms with E-state index < -0.39 is 21.8 Å². The molecule has 2 rings (SSSR count). The molecule has 0 radical (unpaired) electrons. The van der Waals surface area contributed by atoms with Gasteiger partial charge in [0.15, 0.2) is 0 Å². The second kappa shape index (κ2) is 7.05. The van der Waals surface area contributed by atoms with Crippen LogP contribution in [0, 0.1) is 0 Å². The Morgan fingerprint density at radius 2 is 1.86 bits per heavy atom. The Kier molecular flexibility index (Phi) is 5.34. The van der Waals surface area contributed by atoms with Gasteiger partial charge >= 0.3 is 0 Å². The van der Waals surface area contributed by atoms with Crippen LogP contribution in [0.5, 0.6) is 5.75 Å². The van der Waals surface area contributed by atoms with Gasteiger partial charge in [-0.3, -0.25) is 5.14 Å². The third-order valence-corrected chi connectivity index (χ3v) is 4.60. The van der Waals surface area contributed by atoms with E-state index in [9.17, 15) is 9.32 Å². The number of hydrogen-bond donors (Lipinski definition) is 2. The van der Waals surface area contributed by atoms with Crippen molar-refractivity contribution in [3.8, 4) is 5.75 Å². The van der Waals surface area contributed by atoms with Gasteiger partial charge in [0.05, 0.1) is 16.6 Å². The van der Waals surface area contributed by atoms with Crippen LogP contribution in [0.15, 0.2) is 54.6 Å². The van der Waals surface area contributed by atoms with Gasteiger partial charge in [-0.15, -0.1) is 0 Å². The first-order chi connectivity index (χ1) is 10.4. The van der Waals surface area contributed by atoms with Crippen LogP contribution in [-0.4, -0.2) is 14.9 Å². The zero-order valence-electron chi connectivity index (χ0n) is 12.7. The molecule has 2 unspecified atom stereocenters. The molecular formula is C17H21NO3S. The summed E-state index contributed by atoms with van der Waals surface area (Å²) < 4.78 is 17.5. The van der Waals surface area contributed by atoms with Crippen LogP contribution in [0.2, 0.25) is 0 Å². The summed E-state index contributed by atoms with van der Waals surface area (Å²) >= 11 is 0. The van der Waals surface area contributed by atoms with Crippen LogP contribution in [-0.2, 0) is 17.6 Å². The molecule has 0 saturated carbocycles. The number of aliphatic hydroxyl groups is 1. The third-order valence-electron chi connectivity index (χ3n) is 3.28. The summed E-state index contributed by atoms with van der Waals surface area (Å²) in [6.45, 7) is 3.64. The maximum Gasteiger partial charge on any atom is 0.120 e. The number of nitrogens with two attached hydrogens (primary N) is 1. The zero-order valence-corrected chi connectivity index (χ0v) is 13.5. The fourth-order valence-corrected chi connectivity index (χ4v) is 3.32. The molecule has 2 aromatic carbocycles. The van der Waals surface area contributed by atoms with Gasteiger partial charge in [-0.25, -0.2) is 4.21 Å². The van der Waals surface area contributed by atoms with Crippen LogP contribution in [0.25, 0.3) is 0 Å².